The zero-order valence-corrected chi connectivity index (χ0v) is 62.6. The second-order valence-electron chi connectivity index (χ2n) is 25.0. The number of rotatable bonds is 30. The molecule has 2 saturated heterocycles. The molecule has 0 aliphatic carbocycles. The Labute approximate surface area is 626 Å². The zero-order chi connectivity index (χ0) is 73.3. The van der Waals surface area contributed by atoms with Crippen LogP contribution in [0.4, 0.5) is 0 Å². The molecule has 0 amide bonds. The van der Waals surface area contributed by atoms with Gasteiger partial charge < -0.3 is 74.0 Å². The van der Waals surface area contributed by atoms with E-state index < -0.39 is 0 Å². The van der Waals surface area contributed by atoms with E-state index in [2.05, 4.69) is 149 Å². The van der Waals surface area contributed by atoms with Crippen LogP contribution in [0.3, 0.4) is 0 Å². The van der Waals surface area contributed by atoms with E-state index in [1.54, 1.807) is 25.6 Å². The lowest BCUT2D eigenvalue weighted by Gasteiger charge is -2.32. The predicted molar refractivity (Wildman–Crippen MR) is 427 cm³/mol. The Kier molecular flexibility index (Phi) is 34.4. The number of thiophene rings is 1. The van der Waals surface area contributed by atoms with Crippen LogP contribution < -0.4 is 64.5 Å². The monoisotopic (exact) mass is 1440 g/mol. The summed E-state index contributed by atoms with van der Waals surface area (Å²) in [7, 11) is 9.20. The van der Waals surface area contributed by atoms with Crippen molar-refractivity contribution in [3.8, 4) is 45.3 Å². The minimum Gasteiger partial charge on any atom is -0.493 e. The summed E-state index contributed by atoms with van der Waals surface area (Å²) in [4.78, 5) is 0. The second-order valence-corrected chi connectivity index (χ2v) is 25.9. The number of benzene rings is 10. The topological polar surface area (TPSA) is 152 Å². The molecule has 0 bridgehead atoms. The Morgan fingerprint density at radius 1 is 0.400 bits per heavy atom. The standard InChI is InChI=1S/C19H23NO3.C18H21NO3.C18H19NOS.C17H21NO2.C17H21NO/c1-2-21-16-10-6-7-11-17(16)23-19(15-8-4-3-5-9-15)18-14-20-12-13-22-18;1-20-15-9-5-6-10-16(15)22-18(14-7-3-2-4-8-14)17-13-19-11-12-21-17;1-19-11-10-17(20-18-7-4-12-21-18)16-9-8-14-5-2-3-6-15(14)13-16;1-18-13-12-15(14-8-4-3-5-9-14)20-17-11-7-6-10-16(17)19-2;1-14-8-10-16(11-9-14)19-17(12-13-18-2)15-6-4-3-5-7-15/h3-11,18-20H,2,12-14H2,1H3;2-10,17-19H,11-13H2,1H3;2-9,12-13,17,19H,10-11H2,1H3;3-11,15,18H,12-13H2,1-2H3;3-11,17-18H,12-13H2,1-2H3. The van der Waals surface area contributed by atoms with Gasteiger partial charge in [-0.2, -0.15) is 0 Å². The molecule has 13 rings (SSSR count). The first kappa shape index (κ1) is 79.4. The lowest BCUT2D eigenvalue weighted by Crippen LogP contribution is -2.43. The molecule has 15 nitrogen and oxygen atoms in total. The highest BCUT2D eigenvalue weighted by molar-refractivity contribution is 7.11. The van der Waals surface area contributed by atoms with Gasteiger partial charge >= 0.3 is 0 Å². The molecule has 7 unspecified atom stereocenters. The van der Waals surface area contributed by atoms with E-state index in [-0.39, 0.29) is 42.7 Å². The molecule has 10 aromatic carbocycles. The number of para-hydroxylation sites is 6. The van der Waals surface area contributed by atoms with Gasteiger partial charge in [0.1, 0.15) is 36.3 Å². The van der Waals surface area contributed by atoms with Gasteiger partial charge in [-0.1, -0.05) is 212 Å². The first-order valence-corrected chi connectivity index (χ1v) is 37.3. The largest absolute Gasteiger partial charge is 0.493 e. The van der Waals surface area contributed by atoms with Crippen molar-refractivity contribution in [2.24, 2.45) is 0 Å². The van der Waals surface area contributed by atoms with Gasteiger partial charge in [-0.05, 0) is 165 Å². The highest BCUT2D eigenvalue weighted by Crippen LogP contribution is 2.37. The van der Waals surface area contributed by atoms with Crippen LogP contribution in [0.25, 0.3) is 10.8 Å². The first-order chi connectivity index (χ1) is 51.8. The van der Waals surface area contributed by atoms with Crippen LogP contribution in [0.15, 0.2) is 278 Å². The minimum atomic E-state index is -0.176. The number of fused-ring (bicyclic) bond motifs is 1. The third-order valence-electron chi connectivity index (χ3n) is 17.4. The molecule has 2 fully saturated rings. The summed E-state index contributed by atoms with van der Waals surface area (Å²) in [6.45, 7) is 12.1. The van der Waals surface area contributed by atoms with Crippen molar-refractivity contribution in [3.63, 3.8) is 0 Å². The summed E-state index contributed by atoms with van der Waals surface area (Å²) < 4.78 is 59.3. The van der Waals surface area contributed by atoms with Crippen molar-refractivity contribution in [1.29, 1.82) is 0 Å². The molecule has 7 atom stereocenters. The fourth-order valence-corrected chi connectivity index (χ4v) is 12.6. The van der Waals surface area contributed by atoms with Gasteiger partial charge in [0, 0.05) is 45.4 Å². The highest BCUT2D eigenvalue weighted by atomic mass is 32.1. The maximum Gasteiger partial charge on any atom is 0.174 e. The van der Waals surface area contributed by atoms with Crippen molar-refractivity contribution in [1.82, 2.24) is 26.6 Å². The summed E-state index contributed by atoms with van der Waals surface area (Å²) in [5, 5.41) is 21.9. The van der Waals surface area contributed by atoms with E-state index in [1.807, 2.05) is 191 Å². The number of methoxy groups -OCH3 is 2. The van der Waals surface area contributed by atoms with Crippen LogP contribution in [0.1, 0.15) is 90.1 Å². The van der Waals surface area contributed by atoms with Crippen LogP contribution >= 0.6 is 11.3 Å². The molecule has 3 heterocycles. The zero-order valence-electron chi connectivity index (χ0n) is 61.8. The van der Waals surface area contributed by atoms with E-state index in [0.717, 1.165) is 122 Å². The average Bonchev–Trinajstić information content (AvgIpc) is 1.64. The van der Waals surface area contributed by atoms with Gasteiger partial charge in [0.2, 0.25) is 0 Å². The summed E-state index contributed by atoms with van der Waals surface area (Å²) in [5.74, 6) is 5.44. The Balaban J connectivity index is 0.000000152. The maximum atomic E-state index is 6.33. The lowest BCUT2D eigenvalue weighted by atomic mass is 10.0. The Morgan fingerprint density at radius 2 is 0.810 bits per heavy atom. The van der Waals surface area contributed by atoms with Crippen LogP contribution in [-0.2, 0) is 9.47 Å². The van der Waals surface area contributed by atoms with Gasteiger partial charge in [0.05, 0.1) is 34.0 Å². The van der Waals surface area contributed by atoms with Gasteiger partial charge in [0.25, 0.3) is 0 Å². The molecule has 0 spiro atoms. The van der Waals surface area contributed by atoms with Crippen LogP contribution in [0.2, 0.25) is 0 Å². The van der Waals surface area contributed by atoms with Crippen LogP contribution in [0, 0.1) is 6.92 Å². The Bertz CT molecular complexity index is 4100. The Morgan fingerprint density at radius 3 is 1.25 bits per heavy atom. The number of hydrogen-bond donors (Lipinski definition) is 5. The van der Waals surface area contributed by atoms with E-state index >= 15 is 0 Å². The highest BCUT2D eigenvalue weighted by Gasteiger charge is 2.30. The van der Waals surface area contributed by atoms with Gasteiger partial charge in [-0.15, -0.1) is 11.3 Å². The smallest absolute Gasteiger partial charge is 0.174 e. The van der Waals surface area contributed by atoms with E-state index in [1.165, 1.54) is 33.0 Å². The van der Waals surface area contributed by atoms with Crippen LogP contribution in [-0.4, -0.2) is 113 Å². The van der Waals surface area contributed by atoms with E-state index in [4.69, 9.17) is 47.4 Å². The number of morpholine rings is 2. The molecular weight excluding hydrogens is 1330 g/mol. The maximum absolute atomic E-state index is 6.33. The molecular formula is C89H105N5O10S. The first-order valence-electron chi connectivity index (χ1n) is 36.5. The molecule has 16 heteroatoms. The number of aryl methyl sites for hydroxylation is 1. The number of ether oxygens (including phenoxy) is 10. The third kappa shape index (κ3) is 26.1. The van der Waals surface area contributed by atoms with Crippen molar-refractivity contribution >= 4 is 22.1 Å². The summed E-state index contributed by atoms with van der Waals surface area (Å²) >= 11 is 1.64. The van der Waals surface area contributed by atoms with E-state index in [0.29, 0.717) is 19.8 Å². The van der Waals surface area contributed by atoms with E-state index in [9.17, 15) is 0 Å². The molecule has 2 aliphatic heterocycles. The fourth-order valence-electron chi connectivity index (χ4n) is 11.9. The van der Waals surface area contributed by atoms with Crippen LogP contribution in [0.5, 0.6) is 45.3 Å². The molecule has 0 radical (unpaired) electrons. The summed E-state index contributed by atoms with van der Waals surface area (Å²) in [6, 6.07) is 91.6. The quantitative estimate of drug-likeness (QED) is 0.0290. The summed E-state index contributed by atoms with van der Waals surface area (Å²) in [6.07, 6.45) is 2.59. The van der Waals surface area contributed by atoms with Crippen molar-refractivity contribution in [2.75, 3.05) is 101 Å². The average molecular weight is 1440 g/mol. The predicted octanol–water partition coefficient (Wildman–Crippen LogP) is 17.8. The third-order valence-corrected chi connectivity index (χ3v) is 18.2. The molecule has 552 valence electrons. The number of hydrogen-bond acceptors (Lipinski definition) is 16. The number of nitrogens with one attached hydrogen (secondary N) is 5. The van der Waals surface area contributed by atoms with Crippen molar-refractivity contribution in [2.45, 2.75) is 75.8 Å². The van der Waals surface area contributed by atoms with Gasteiger partial charge in [0.15, 0.2) is 51.8 Å². The molecule has 0 saturated carbocycles. The SMILES string of the molecule is CCOc1ccccc1OC(c1ccccc1)C1CNCCO1.CNCCC(Oc1ccc(C)cc1)c1ccccc1.CNCCC(Oc1ccccc1OC)c1ccccc1.CNCCC(Oc1cccs1)c1ccc2ccccc2c1.COc1ccccc1OC(c1ccccc1)C1CNCCO1. The molecule has 5 N–H and O–H groups in total. The Hall–Kier alpha value is -9.72. The van der Waals surface area contributed by atoms with Gasteiger partial charge in [-0.3, -0.25) is 0 Å². The van der Waals surface area contributed by atoms with Crippen molar-refractivity contribution in [3.05, 3.63) is 312 Å². The molecule has 11 aromatic rings. The molecule has 2 aliphatic rings. The fraction of sp³-hybridized carbons (Fsp3) is 0.303. The molecule has 105 heavy (non-hydrogen) atoms. The second kappa shape index (κ2) is 45.5. The van der Waals surface area contributed by atoms with Crippen molar-refractivity contribution < 1.29 is 47.4 Å². The lowest BCUT2D eigenvalue weighted by molar-refractivity contribution is -0.0439. The van der Waals surface area contributed by atoms with Gasteiger partial charge in [-0.25, -0.2) is 0 Å². The minimum absolute atomic E-state index is 0.0138. The summed E-state index contributed by atoms with van der Waals surface area (Å²) in [5.41, 5.74) is 7.08. The molecule has 1 aromatic heterocycles. The normalized spacial score (nSPS) is 15.2.